The summed E-state index contributed by atoms with van der Waals surface area (Å²) < 4.78 is 0. The minimum absolute atomic E-state index is 0. The largest absolute Gasteiger partial charge is 0.478 e. The molecule has 0 aliphatic carbocycles. The average molecular weight is 161 g/mol. The smallest absolute Gasteiger partial charge is 0.335 e. The van der Waals surface area contributed by atoms with Gasteiger partial charge in [-0.15, -0.1) is 0 Å². The van der Waals surface area contributed by atoms with E-state index in [4.69, 9.17) is 5.11 Å². The van der Waals surface area contributed by atoms with Gasteiger partial charge < -0.3 is 5.11 Å². The van der Waals surface area contributed by atoms with Crippen molar-refractivity contribution in [3.63, 3.8) is 0 Å². The van der Waals surface area contributed by atoms with Crippen LogP contribution in [-0.4, -0.2) is 62.5 Å². The number of benzene rings is 1. The molecule has 0 aromatic heterocycles. The van der Waals surface area contributed by atoms with Crippen molar-refractivity contribution < 1.29 is 9.90 Å². The SMILES string of the molecule is O=C(O)c1ccccc1.[K]. The van der Waals surface area contributed by atoms with Gasteiger partial charge >= 0.3 is 5.97 Å². The monoisotopic (exact) mass is 161 g/mol. The molecule has 0 heterocycles. The molecular weight excluding hydrogens is 155 g/mol. The van der Waals surface area contributed by atoms with E-state index in [1.165, 1.54) is 0 Å². The summed E-state index contributed by atoms with van der Waals surface area (Å²) in [5.74, 6) is -0.879. The molecule has 0 atom stereocenters. The van der Waals surface area contributed by atoms with Gasteiger partial charge in [-0.25, -0.2) is 4.79 Å². The zero-order valence-electron chi connectivity index (χ0n) is 5.74. The minimum atomic E-state index is -0.879. The van der Waals surface area contributed by atoms with Crippen LogP contribution in [0.2, 0.25) is 0 Å². The second-order valence-electron chi connectivity index (χ2n) is 1.67. The van der Waals surface area contributed by atoms with Gasteiger partial charge in [0.1, 0.15) is 0 Å². The van der Waals surface area contributed by atoms with E-state index >= 15 is 0 Å². The quantitative estimate of drug-likeness (QED) is 0.624. The van der Waals surface area contributed by atoms with E-state index in [9.17, 15) is 4.79 Å². The second kappa shape index (κ2) is 5.04. The van der Waals surface area contributed by atoms with Crippen molar-refractivity contribution >= 4 is 57.4 Å². The third-order valence-electron chi connectivity index (χ3n) is 1.02. The molecule has 0 saturated carbocycles. The van der Waals surface area contributed by atoms with Crippen LogP contribution in [0.15, 0.2) is 30.3 Å². The van der Waals surface area contributed by atoms with Crippen molar-refractivity contribution in [3.05, 3.63) is 35.9 Å². The molecule has 47 valence electrons. The van der Waals surface area contributed by atoms with Crippen LogP contribution in [0.4, 0.5) is 0 Å². The number of hydrogen-bond donors (Lipinski definition) is 1. The standard InChI is InChI=1S/C7H6O2.K/c8-7(9)6-4-2-1-3-5-6;/h1-5H,(H,8,9);. The molecule has 1 rings (SSSR count). The number of rotatable bonds is 1. The average Bonchev–Trinajstić information content (AvgIpc) is 1.90. The molecule has 3 heteroatoms. The van der Waals surface area contributed by atoms with Crippen LogP contribution in [0.25, 0.3) is 0 Å². The van der Waals surface area contributed by atoms with E-state index in [1.807, 2.05) is 0 Å². The zero-order chi connectivity index (χ0) is 6.69. The molecule has 0 unspecified atom stereocenters. The maximum Gasteiger partial charge on any atom is 0.335 e. The maximum absolute atomic E-state index is 10.2. The van der Waals surface area contributed by atoms with Gasteiger partial charge in [0.05, 0.1) is 5.56 Å². The number of hydrogen-bond acceptors (Lipinski definition) is 1. The van der Waals surface area contributed by atoms with Crippen molar-refractivity contribution in [3.8, 4) is 0 Å². The van der Waals surface area contributed by atoms with Gasteiger partial charge in [0.15, 0.2) is 0 Å². The molecule has 1 aromatic carbocycles. The number of aromatic carboxylic acids is 1. The fourth-order valence-electron chi connectivity index (χ4n) is 0.581. The normalized spacial score (nSPS) is 8.00. The van der Waals surface area contributed by atoms with E-state index in [1.54, 1.807) is 30.3 Å². The summed E-state index contributed by atoms with van der Waals surface area (Å²) in [7, 11) is 0. The van der Waals surface area contributed by atoms with Gasteiger partial charge in [0.25, 0.3) is 0 Å². The molecule has 1 N–H and O–H groups in total. The summed E-state index contributed by atoms with van der Waals surface area (Å²) in [6.45, 7) is 0. The van der Waals surface area contributed by atoms with E-state index < -0.39 is 5.97 Å². The molecule has 10 heavy (non-hydrogen) atoms. The van der Waals surface area contributed by atoms with Crippen molar-refractivity contribution in [2.45, 2.75) is 0 Å². The third-order valence-corrected chi connectivity index (χ3v) is 1.02. The van der Waals surface area contributed by atoms with Gasteiger partial charge in [-0.3, -0.25) is 0 Å². The van der Waals surface area contributed by atoms with Crippen LogP contribution in [0, 0.1) is 0 Å². The predicted molar refractivity (Wildman–Crippen MR) is 39.2 cm³/mol. The molecule has 1 radical (unpaired) electrons. The third kappa shape index (κ3) is 2.94. The van der Waals surface area contributed by atoms with Gasteiger partial charge in [-0.05, 0) is 12.1 Å². The second-order valence-corrected chi connectivity index (χ2v) is 1.67. The Bertz CT molecular complexity index is 208. The Morgan fingerprint density at radius 3 is 2.00 bits per heavy atom. The molecule has 0 aliphatic heterocycles. The number of carboxylic acids is 1. The van der Waals surface area contributed by atoms with Crippen molar-refractivity contribution in [2.75, 3.05) is 0 Å². The van der Waals surface area contributed by atoms with Crippen LogP contribution in [0.3, 0.4) is 0 Å². The predicted octanol–water partition coefficient (Wildman–Crippen LogP) is 1.00. The first-order valence-corrected chi connectivity index (χ1v) is 2.59. The Morgan fingerprint density at radius 1 is 1.20 bits per heavy atom. The summed E-state index contributed by atoms with van der Waals surface area (Å²) in [5, 5.41) is 8.38. The fraction of sp³-hybridized carbons (Fsp3) is 0. The van der Waals surface area contributed by atoms with Crippen molar-refractivity contribution in [1.82, 2.24) is 0 Å². The molecule has 0 aliphatic rings. The Balaban J connectivity index is 0.000000810. The molecule has 0 bridgehead atoms. The Kier molecular flexibility index (Phi) is 5.20. The summed E-state index contributed by atoms with van der Waals surface area (Å²) in [6, 6.07) is 8.30. The summed E-state index contributed by atoms with van der Waals surface area (Å²) in [4.78, 5) is 10.2. The van der Waals surface area contributed by atoms with Gasteiger partial charge in [-0.2, -0.15) is 0 Å². The summed E-state index contributed by atoms with van der Waals surface area (Å²) in [6.07, 6.45) is 0. The molecule has 1 aromatic rings. The first-order chi connectivity index (χ1) is 4.30. The molecule has 0 saturated heterocycles. The first-order valence-electron chi connectivity index (χ1n) is 2.59. The topological polar surface area (TPSA) is 37.3 Å². The van der Waals surface area contributed by atoms with Crippen LogP contribution >= 0.6 is 0 Å². The van der Waals surface area contributed by atoms with Crippen LogP contribution in [-0.2, 0) is 0 Å². The molecule has 0 fully saturated rings. The minimum Gasteiger partial charge on any atom is -0.478 e. The van der Waals surface area contributed by atoms with Gasteiger partial charge in [0.2, 0.25) is 0 Å². The molecular formula is C7H6KO2. The molecule has 2 nitrogen and oxygen atoms in total. The van der Waals surface area contributed by atoms with E-state index in [0.29, 0.717) is 5.56 Å². The van der Waals surface area contributed by atoms with Crippen LogP contribution in [0.5, 0.6) is 0 Å². The maximum atomic E-state index is 10.2. The first kappa shape index (κ1) is 10.3. The van der Waals surface area contributed by atoms with E-state index in [2.05, 4.69) is 0 Å². The van der Waals surface area contributed by atoms with E-state index in [-0.39, 0.29) is 51.4 Å². The van der Waals surface area contributed by atoms with Gasteiger partial charge in [0, 0.05) is 51.4 Å². The Labute approximate surface area is 102 Å². The Hall–Kier alpha value is 0.326. The van der Waals surface area contributed by atoms with Crippen LogP contribution in [0.1, 0.15) is 10.4 Å². The van der Waals surface area contributed by atoms with Crippen molar-refractivity contribution in [1.29, 1.82) is 0 Å². The zero-order valence-corrected chi connectivity index (χ0v) is 8.87. The Morgan fingerprint density at radius 2 is 1.70 bits per heavy atom. The van der Waals surface area contributed by atoms with Crippen LogP contribution < -0.4 is 0 Å². The molecule has 0 spiro atoms. The van der Waals surface area contributed by atoms with E-state index in [0.717, 1.165) is 0 Å². The number of carbonyl (C=O) groups is 1. The number of carboxylic acid groups (broad SMARTS) is 1. The summed E-state index contributed by atoms with van der Waals surface area (Å²) in [5.41, 5.74) is 0.331. The van der Waals surface area contributed by atoms with Crippen molar-refractivity contribution in [2.24, 2.45) is 0 Å². The molecule has 0 amide bonds. The summed E-state index contributed by atoms with van der Waals surface area (Å²) >= 11 is 0. The van der Waals surface area contributed by atoms with Gasteiger partial charge in [-0.1, -0.05) is 18.2 Å². The fourth-order valence-corrected chi connectivity index (χ4v) is 0.581.